The van der Waals surface area contributed by atoms with E-state index in [1.807, 2.05) is 6.07 Å². The van der Waals surface area contributed by atoms with E-state index in [1.165, 1.54) is 6.07 Å². The first-order chi connectivity index (χ1) is 15.3. The highest BCUT2D eigenvalue weighted by Crippen LogP contribution is 2.30. The second kappa shape index (κ2) is 8.74. The molecular formula is C23H17IN4O3S. The van der Waals surface area contributed by atoms with E-state index < -0.39 is 10.0 Å². The van der Waals surface area contributed by atoms with Crippen molar-refractivity contribution in [2.45, 2.75) is 11.3 Å². The van der Waals surface area contributed by atoms with Gasteiger partial charge in [-0.15, -0.1) is 0 Å². The fourth-order valence-electron chi connectivity index (χ4n) is 3.50. The van der Waals surface area contributed by atoms with E-state index in [1.54, 1.807) is 54.7 Å². The molecule has 0 unspecified atom stereocenters. The van der Waals surface area contributed by atoms with Crippen LogP contribution in [-0.2, 0) is 21.2 Å². The van der Waals surface area contributed by atoms with Crippen molar-refractivity contribution < 1.29 is 13.2 Å². The Balaban J connectivity index is 1.57. The number of rotatable bonds is 5. The average molecular weight is 556 g/mol. The summed E-state index contributed by atoms with van der Waals surface area (Å²) in [4.78, 5) is 15.8. The molecule has 1 aromatic heterocycles. The number of benzene rings is 3. The number of hydrogen-bond donors (Lipinski definition) is 3. The molecule has 160 valence electrons. The number of aromatic amines is 1. The summed E-state index contributed by atoms with van der Waals surface area (Å²) in [6.07, 6.45) is 1.91. The lowest BCUT2D eigenvalue weighted by Gasteiger charge is -2.12. The second-order valence-corrected chi connectivity index (χ2v) is 9.84. The van der Waals surface area contributed by atoms with E-state index in [0.717, 1.165) is 20.0 Å². The molecule has 0 aliphatic rings. The summed E-state index contributed by atoms with van der Waals surface area (Å²) in [5.41, 5.74) is 3.98. The predicted octanol–water partition coefficient (Wildman–Crippen LogP) is 4.14. The molecule has 7 nitrogen and oxygen atoms in total. The molecule has 0 saturated carbocycles. The van der Waals surface area contributed by atoms with Gasteiger partial charge in [0.15, 0.2) is 0 Å². The van der Waals surface area contributed by atoms with E-state index in [0.29, 0.717) is 22.4 Å². The molecule has 4 N–H and O–H groups in total. The van der Waals surface area contributed by atoms with Gasteiger partial charge in [0, 0.05) is 26.2 Å². The van der Waals surface area contributed by atoms with E-state index in [4.69, 9.17) is 10.4 Å². The molecule has 0 saturated heterocycles. The van der Waals surface area contributed by atoms with Crippen LogP contribution < -0.4 is 10.5 Å². The number of nitrogens with two attached hydrogens (primary N) is 1. The minimum absolute atomic E-state index is 0.0451. The number of carbonyl (C=O) groups is 1. The normalized spacial score (nSPS) is 11.3. The van der Waals surface area contributed by atoms with Crippen LogP contribution in [0.2, 0.25) is 0 Å². The Morgan fingerprint density at radius 1 is 1.12 bits per heavy atom. The highest BCUT2D eigenvalue weighted by molar-refractivity contribution is 14.1. The smallest absolute Gasteiger partial charge is 0.238 e. The Bertz CT molecular complexity index is 1500. The summed E-state index contributed by atoms with van der Waals surface area (Å²) >= 11 is 2.09. The van der Waals surface area contributed by atoms with Gasteiger partial charge in [-0.3, -0.25) is 4.79 Å². The van der Waals surface area contributed by atoms with Gasteiger partial charge in [-0.2, -0.15) is 5.26 Å². The third-order valence-electron chi connectivity index (χ3n) is 5.00. The highest BCUT2D eigenvalue weighted by Gasteiger charge is 2.16. The Morgan fingerprint density at radius 3 is 2.62 bits per heavy atom. The lowest BCUT2D eigenvalue weighted by atomic mass is 10.1. The monoisotopic (exact) mass is 556 g/mol. The molecule has 9 heteroatoms. The number of carbonyl (C=O) groups excluding carboxylic acids is 1. The standard InChI is InChI=1S/C23H17IN4O3S/c24-19-10-15(17-3-1-2-4-22(17)32(26,30)31)6-8-21(19)28-23(29)11-16-13-27-20-7-5-14(12-25)9-18(16)20/h1-10,13,27H,11H2,(H,28,29)(H2,26,30,31). The number of aromatic nitrogens is 1. The molecule has 1 heterocycles. The molecule has 0 spiro atoms. The Kier molecular flexibility index (Phi) is 6.01. The summed E-state index contributed by atoms with van der Waals surface area (Å²) in [7, 11) is -3.87. The zero-order valence-electron chi connectivity index (χ0n) is 16.6. The van der Waals surface area contributed by atoms with Gasteiger partial charge in [0.2, 0.25) is 15.9 Å². The maximum absolute atomic E-state index is 12.7. The lowest BCUT2D eigenvalue weighted by molar-refractivity contribution is -0.115. The molecule has 0 aliphatic heterocycles. The first-order valence-corrected chi connectivity index (χ1v) is 12.1. The van der Waals surface area contributed by atoms with Crippen LogP contribution in [0.25, 0.3) is 22.0 Å². The fraction of sp³-hybridized carbons (Fsp3) is 0.0435. The molecule has 3 aromatic carbocycles. The van der Waals surface area contributed by atoms with Crippen LogP contribution in [0, 0.1) is 14.9 Å². The summed E-state index contributed by atoms with van der Waals surface area (Å²) in [6.45, 7) is 0. The summed E-state index contributed by atoms with van der Waals surface area (Å²) < 4.78 is 24.6. The maximum Gasteiger partial charge on any atom is 0.238 e. The Labute approximate surface area is 198 Å². The maximum atomic E-state index is 12.7. The molecular weight excluding hydrogens is 539 g/mol. The van der Waals surface area contributed by atoms with Gasteiger partial charge < -0.3 is 10.3 Å². The summed E-state index contributed by atoms with van der Waals surface area (Å²) in [5.74, 6) is -0.205. The SMILES string of the molecule is N#Cc1ccc2[nH]cc(CC(=O)Nc3ccc(-c4ccccc4S(N)(=O)=O)cc3I)c2c1. The number of anilines is 1. The first-order valence-electron chi connectivity index (χ1n) is 9.48. The summed E-state index contributed by atoms with van der Waals surface area (Å²) in [6, 6.07) is 19.2. The van der Waals surface area contributed by atoms with Crippen molar-refractivity contribution in [2.75, 3.05) is 5.32 Å². The number of nitrogens with zero attached hydrogens (tertiary/aromatic N) is 1. The molecule has 0 bridgehead atoms. The van der Waals surface area contributed by atoms with Crippen molar-refractivity contribution in [2.24, 2.45) is 5.14 Å². The van der Waals surface area contributed by atoms with Crippen LogP contribution in [0.5, 0.6) is 0 Å². The average Bonchev–Trinajstić information content (AvgIpc) is 3.16. The minimum atomic E-state index is -3.87. The number of nitriles is 1. The van der Waals surface area contributed by atoms with E-state index in [2.05, 4.69) is 39.0 Å². The van der Waals surface area contributed by atoms with Gasteiger partial charge in [-0.25, -0.2) is 13.6 Å². The number of sulfonamides is 1. The summed E-state index contributed by atoms with van der Waals surface area (Å²) in [5, 5.41) is 18.2. The third-order valence-corrected chi connectivity index (χ3v) is 6.86. The molecule has 0 atom stereocenters. The molecule has 0 fully saturated rings. The predicted molar refractivity (Wildman–Crippen MR) is 131 cm³/mol. The van der Waals surface area contributed by atoms with Gasteiger partial charge in [-0.1, -0.05) is 24.3 Å². The fourth-order valence-corrected chi connectivity index (χ4v) is 4.91. The first kappa shape index (κ1) is 22.0. The van der Waals surface area contributed by atoms with Crippen LogP contribution in [0.3, 0.4) is 0 Å². The number of hydrogen-bond acceptors (Lipinski definition) is 4. The van der Waals surface area contributed by atoms with Gasteiger partial charge >= 0.3 is 0 Å². The van der Waals surface area contributed by atoms with Crippen LogP contribution in [0.4, 0.5) is 5.69 Å². The van der Waals surface area contributed by atoms with Crippen LogP contribution in [-0.4, -0.2) is 19.3 Å². The molecule has 0 aliphatic carbocycles. The van der Waals surface area contributed by atoms with Crippen molar-refractivity contribution >= 4 is 55.1 Å². The van der Waals surface area contributed by atoms with Gasteiger partial charge in [-0.05, 0) is 70.1 Å². The quantitative estimate of drug-likeness (QED) is 0.319. The van der Waals surface area contributed by atoms with Crippen LogP contribution in [0.15, 0.2) is 71.8 Å². The van der Waals surface area contributed by atoms with Crippen molar-refractivity contribution in [1.82, 2.24) is 4.98 Å². The number of nitrogens with one attached hydrogen (secondary N) is 2. The zero-order chi connectivity index (χ0) is 22.9. The number of amides is 1. The van der Waals surface area contributed by atoms with E-state index in [9.17, 15) is 13.2 Å². The Morgan fingerprint density at radius 2 is 1.91 bits per heavy atom. The number of fused-ring (bicyclic) bond motifs is 1. The van der Waals surface area contributed by atoms with Gasteiger partial charge in [0.05, 0.1) is 28.6 Å². The molecule has 32 heavy (non-hydrogen) atoms. The highest BCUT2D eigenvalue weighted by atomic mass is 127. The van der Waals surface area contributed by atoms with Crippen molar-refractivity contribution in [1.29, 1.82) is 5.26 Å². The van der Waals surface area contributed by atoms with Crippen molar-refractivity contribution in [3.8, 4) is 17.2 Å². The molecule has 0 radical (unpaired) electrons. The van der Waals surface area contributed by atoms with Gasteiger partial charge in [0.1, 0.15) is 0 Å². The molecule has 1 amide bonds. The second-order valence-electron chi connectivity index (χ2n) is 7.15. The van der Waals surface area contributed by atoms with Crippen LogP contribution >= 0.6 is 22.6 Å². The molecule has 4 aromatic rings. The van der Waals surface area contributed by atoms with Crippen molar-refractivity contribution in [3.63, 3.8) is 0 Å². The molecule has 4 rings (SSSR count). The third kappa shape index (κ3) is 4.52. The van der Waals surface area contributed by atoms with E-state index >= 15 is 0 Å². The number of primary sulfonamides is 1. The topological polar surface area (TPSA) is 129 Å². The largest absolute Gasteiger partial charge is 0.361 e. The van der Waals surface area contributed by atoms with Gasteiger partial charge in [0.25, 0.3) is 0 Å². The Hall–Kier alpha value is -3.20. The van der Waals surface area contributed by atoms with Crippen LogP contribution in [0.1, 0.15) is 11.1 Å². The minimum Gasteiger partial charge on any atom is -0.361 e. The van der Waals surface area contributed by atoms with Crippen molar-refractivity contribution in [3.05, 3.63) is 81.6 Å². The number of H-pyrrole nitrogens is 1. The zero-order valence-corrected chi connectivity index (χ0v) is 19.6. The van der Waals surface area contributed by atoms with E-state index in [-0.39, 0.29) is 17.2 Å². The lowest BCUT2D eigenvalue weighted by Crippen LogP contribution is -2.15. The number of halogens is 1.